The molecule has 0 spiro atoms. The SMILES string of the molecule is c1ccc(-c2ccc3c(ccc4c5ccc(-c6ccc(-c7cn8ccccc8n7)cc6)cc5nc(-c5ccccc5)c34)n2)cc1. The van der Waals surface area contributed by atoms with Gasteiger partial charge in [-0.05, 0) is 52.9 Å². The summed E-state index contributed by atoms with van der Waals surface area (Å²) < 4.78 is 2.05. The molecule has 4 aromatic heterocycles. The van der Waals surface area contributed by atoms with Crippen LogP contribution in [0.25, 0.3) is 83.1 Å². The van der Waals surface area contributed by atoms with Gasteiger partial charge in [0.1, 0.15) is 5.65 Å². The summed E-state index contributed by atoms with van der Waals surface area (Å²) in [4.78, 5) is 15.2. The Kier molecular flexibility index (Phi) is 5.78. The van der Waals surface area contributed by atoms with E-state index in [1.54, 1.807) is 0 Å². The van der Waals surface area contributed by atoms with E-state index in [4.69, 9.17) is 15.0 Å². The Morgan fingerprint density at radius 3 is 1.87 bits per heavy atom. The summed E-state index contributed by atoms with van der Waals surface area (Å²) in [5.74, 6) is 0. The van der Waals surface area contributed by atoms with E-state index in [0.29, 0.717) is 0 Å². The minimum Gasteiger partial charge on any atom is -0.306 e. The topological polar surface area (TPSA) is 43.1 Å². The van der Waals surface area contributed by atoms with Crippen LogP contribution < -0.4 is 0 Å². The maximum absolute atomic E-state index is 5.34. The van der Waals surface area contributed by atoms with E-state index in [1.165, 1.54) is 5.39 Å². The molecule has 0 radical (unpaired) electrons. The molecule has 9 rings (SSSR count). The first-order valence-corrected chi connectivity index (χ1v) is 15.1. The maximum atomic E-state index is 5.34. The number of nitrogens with zero attached hydrogens (tertiary/aromatic N) is 4. The molecule has 9 aromatic rings. The maximum Gasteiger partial charge on any atom is 0.137 e. The second kappa shape index (κ2) is 10.2. The van der Waals surface area contributed by atoms with Crippen molar-refractivity contribution in [3.8, 4) is 44.9 Å². The van der Waals surface area contributed by atoms with Crippen molar-refractivity contribution in [3.05, 3.63) is 158 Å². The first kappa shape index (κ1) is 25.4. The summed E-state index contributed by atoms with van der Waals surface area (Å²) >= 11 is 0. The van der Waals surface area contributed by atoms with Gasteiger partial charge in [-0.15, -0.1) is 0 Å². The van der Waals surface area contributed by atoms with Gasteiger partial charge in [0, 0.05) is 45.2 Å². The lowest BCUT2D eigenvalue weighted by molar-refractivity contribution is 1.19. The fourth-order valence-corrected chi connectivity index (χ4v) is 6.37. The van der Waals surface area contributed by atoms with Gasteiger partial charge in [0.25, 0.3) is 0 Å². The van der Waals surface area contributed by atoms with Crippen LogP contribution in [-0.4, -0.2) is 19.4 Å². The number of fused-ring (bicyclic) bond motifs is 6. The highest BCUT2D eigenvalue weighted by Crippen LogP contribution is 2.39. The Morgan fingerprint density at radius 1 is 0.400 bits per heavy atom. The number of rotatable bonds is 4. The van der Waals surface area contributed by atoms with Crippen molar-refractivity contribution in [1.82, 2.24) is 19.4 Å². The fourth-order valence-electron chi connectivity index (χ4n) is 6.37. The summed E-state index contributed by atoms with van der Waals surface area (Å²) in [6.07, 6.45) is 4.10. The Balaban J connectivity index is 1.19. The minimum absolute atomic E-state index is 0.943. The first-order valence-electron chi connectivity index (χ1n) is 15.1. The third-order valence-electron chi connectivity index (χ3n) is 8.62. The molecule has 0 unspecified atom stereocenters. The third kappa shape index (κ3) is 4.35. The van der Waals surface area contributed by atoms with Gasteiger partial charge in [-0.25, -0.2) is 15.0 Å². The highest BCUT2D eigenvalue weighted by molar-refractivity contribution is 6.21. The lowest BCUT2D eigenvalue weighted by Gasteiger charge is -2.14. The van der Waals surface area contributed by atoms with Crippen LogP contribution in [0.15, 0.2) is 158 Å². The second-order valence-electron chi connectivity index (χ2n) is 11.3. The molecule has 4 heterocycles. The van der Waals surface area contributed by atoms with Crippen LogP contribution in [0.4, 0.5) is 0 Å². The van der Waals surface area contributed by atoms with Gasteiger partial charge < -0.3 is 4.40 Å². The molecule has 4 nitrogen and oxygen atoms in total. The first-order chi connectivity index (χ1) is 22.3. The van der Waals surface area contributed by atoms with E-state index in [0.717, 1.165) is 77.7 Å². The molecular formula is C41H26N4. The lowest BCUT2D eigenvalue weighted by atomic mass is 9.94. The number of aromatic nitrogens is 4. The Labute approximate surface area is 259 Å². The third-order valence-corrected chi connectivity index (χ3v) is 8.62. The van der Waals surface area contributed by atoms with E-state index >= 15 is 0 Å². The highest BCUT2D eigenvalue weighted by atomic mass is 15.0. The van der Waals surface area contributed by atoms with Gasteiger partial charge in [-0.3, -0.25) is 0 Å². The van der Waals surface area contributed by atoms with Crippen LogP contribution in [0.3, 0.4) is 0 Å². The molecular weight excluding hydrogens is 548 g/mol. The number of imidazole rings is 1. The summed E-state index contributed by atoms with van der Waals surface area (Å²) in [6.45, 7) is 0. The van der Waals surface area contributed by atoms with Gasteiger partial charge >= 0.3 is 0 Å². The van der Waals surface area contributed by atoms with Crippen LogP contribution in [0, 0.1) is 0 Å². The molecule has 0 atom stereocenters. The molecule has 0 aliphatic rings. The quantitative estimate of drug-likeness (QED) is 0.196. The molecule has 0 saturated heterocycles. The average molecular weight is 575 g/mol. The van der Waals surface area contributed by atoms with Crippen LogP contribution in [0.5, 0.6) is 0 Å². The Morgan fingerprint density at radius 2 is 1.07 bits per heavy atom. The zero-order valence-electron chi connectivity index (χ0n) is 24.3. The van der Waals surface area contributed by atoms with E-state index < -0.39 is 0 Å². The van der Waals surface area contributed by atoms with E-state index in [1.807, 2.05) is 40.9 Å². The molecule has 45 heavy (non-hydrogen) atoms. The van der Waals surface area contributed by atoms with Crippen LogP contribution >= 0.6 is 0 Å². The molecule has 0 N–H and O–H groups in total. The van der Waals surface area contributed by atoms with E-state index in [2.05, 4.69) is 121 Å². The lowest BCUT2D eigenvalue weighted by Crippen LogP contribution is -1.93. The predicted octanol–water partition coefficient (Wildman–Crippen LogP) is 10.3. The van der Waals surface area contributed by atoms with Crippen LogP contribution in [0.1, 0.15) is 0 Å². The molecule has 0 saturated carbocycles. The molecule has 0 bridgehead atoms. The largest absolute Gasteiger partial charge is 0.306 e. The van der Waals surface area contributed by atoms with Crippen molar-refractivity contribution in [2.75, 3.05) is 0 Å². The standard InChI is InChI=1S/C41H26N4/c1-3-9-28(10-4-1)35-22-21-34-36(42-35)23-20-33-32-19-18-31(25-37(32)44-41(40(33)34)30-11-5-2-6-12-30)27-14-16-29(17-15-27)38-26-45-24-8-7-13-39(45)43-38/h1-26H. The molecule has 0 aliphatic heterocycles. The van der Waals surface area contributed by atoms with Gasteiger partial charge in [0.15, 0.2) is 0 Å². The summed E-state index contributed by atoms with van der Waals surface area (Å²) in [7, 11) is 0. The van der Waals surface area contributed by atoms with E-state index in [9.17, 15) is 0 Å². The number of hydrogen-bond donors (Lipinski definition) is 0. The van der Waals surface area contributed by atoms with E-state index in [-0.39, 0.29) is 0 Å². The highest BCUT2D eigenvalue weighted by Gasteiger charge is 2.15. The van der Waals surface area contributed by atoms with Gasteiger partial charge in [0.05, 0.1) is 28.1 Å². The smallest absolute Gasteiger partial charge is 0.137 e. The predicted molar refractivity (Wildman–Crippen MR) is 185 cm³/mol. The number of benzene rings is 5. The second-order valence-corrected chi connectivity index (χ2v) is 11.3. The minimum atomic E-state index is 0.943. The zero-order valence-corrected chi connectivity index (χ0v) is 24.3. The van der Waals surface area contributed by atoms with Crippen molar-refractivity contribution in [2.24, 2.45) is 0 Å². The van der Waals surface area contributed by atoms with Gasteiger partial charge in [-0.1, -0.05) is 109 Å². The monoisotopic (exact) mass is 574 g/mol. The summed E-state index contributed by atoms with van der Waals surface area (Å²) in [5, 5.41) is 4.54. The average Bonchev–Trinajstić information content (AvgIpc) is 3.56. The van der Waals surface area contributed by atoms with Crippen molar-refractivity contribution in [3.63, 3.8) is 0 Å². The zero-order chi connectivity index (χ0) is 29.7. The molecule has 0 amide bonds. The molecule has 0 aliphatic carbocycles. The number of pyridine rings is 3. The Hall–Kier alpha value is -6.13. The molecule has 0 fully saturated rings. The fraction of sp³-hybridized carbons (Fsp3) is 0. The van der Waals surface area contributed by atoms with Gasteiger partial charge in [-0.2, -0.15) is 0 Å². The van der Waals surface area contributed by atoms with Crippen LogP contribution in [-0.2, 0) is 0 Å². The normalized spacial score (nSPS) is 11.6. The summed E-state index contributed by atoms with van der Waals surface area (Å²) in [6, 6.07) is 50.8. The summed E-state index contributed by atoms with van der Waals surface area (Å²) in [5.41, 5.74) is 11.3. The van der Waals surface area contributed by atoms with Gasteiger partial charge in [0.2, 0.25) is 0 Å². The van der Waals surface area contributed by atoms with Crippen molar-refractivity contribution < 1.29 is 0 Å². The van der Waals surface area contributed by atoms with Crippen molar-refractivity contribution in [2.45, 2.75) is 0 Å². The molecule has 210 valence electrons. The molecule has 5 aromatic carbocycles. The number of hydrogen-bond acceptors (Lipinski definition) is 3. The van der Waals surface area contributed by atoms with Crippen molar-refractivity contribution >= 4 is 38.2 Å². The van der Waals surface area contributed by atoms with Crippen LogP contribution in [0.2, 0.25) is 0 Å². The van der Waals surface area contributed by atoms with Crippen molar-refractivity contribution in [1.29, 1.82) is 0 Å². The Bertz CT molecular complexity index is 2480. The molecule has 4 heteroatoms.